The SMILES string of the molecule is N#Cc1cncc(COc2cc(O[C@H]3CCc4c(-c5ccccc5F)cccc43)c(Cl)cc2CNCC(N)=O)c1. The molecule has 40 heavy (non-hydrogen) atoms. The summed E-state index contributed by atoms with van der Waals surface area (Å²) in [5, 5.41) is 12.5. The van der Waals surface area contributed by atoms with Crippen LogP contribution >= 0.6 is 11.6 Å². The van der Waals surface area contributed by atoms with Gasteiger partial charge in [0.2, 0.25) is 5.91 Å². The lowest BCUT2D eigenvalue weighted by molar-refractivity contribution is -0.117. The van der Waals surface area contributed by atoms with Crippen molar-refractivity contribution >= 4 is 17.5 Å². The average molecular weight is 557 g/mol. The Morgan fingerprint density at radius 2 is 1.95 bits per heavy atom. The van der Waals surface area contributed by atoms with Crippen LogP contribution in [0.15, 0.2) is 73.1 Å². The third kappa shape index (κ3) is 6.07. The predicted molar refractivity (Wildman–Crippen MR) is 149 cm³/mol. The van der Waals surface area contributed by atoms with Crippen molar-refractivity contribution in [3.05, 3.63) is 112 Å². The Hall–Kier alpha value is -4.45. The third-order valence-electron chi connectivity index (χ3n) is 6.70. The van der Waals surface area contributed by atoms with Gasteiger partial charge in [-0.3, -0.25) is 9.78 Å². The fourth-order valence-corrected chi connectivity index (χ4v) is 5.10. The van der Waals surface area contributed by atoms with E-state index in [-0.39, 0.29) is 31.6 Å². The molecule has 0 unspecified atom stereocenters. The first-order valence-electron chi connectivity index (χ1n) is 12.7. The van der Waals surface area contributed by atoms with Crippen molar-refractivity contribution in [2.24, 2.45) is 5.73 Å². The Morgan fingerprint density at radius 1 is 1.12 bits per heavy atom. The van der Waals surface area contributed by atoms with Crippen molar-refractivity contribution in [1.29, 1.82) is 5.26 Å². The molecule has 1 aliphatic rings. The first kappa shape index (κ1) is 27.1. The minimum atomic E-state index is -0.484. The minimum Gasteiger partial charge on any atom is -0.488 e. The summed E-state index contributed by atoms with van der Waals surface area (Å²) in [6.45, 7) is 0.435. The fraction of sp³-hybridized carbons (Fsp3) is 0.194. The maximum absolute atomic E-state index is 14.6. The standard InChI is InChI=1S/C31H26ClFN4O3/c32-26-11-21(16-37-17-31(35)38)29(39-18-20-10-19(13-34)14-36-15-20)12-30(26)40-28-9-8-23-22(5-3-6-25(23)28)24-4-1-2-7-27(24)33/h1-7,10-12,14-15,28,37H,8-9,16-18H2,(H2,35,38)/t28-/m0/s1. The highest BCUT2D eigenvalue weighted by atomic mass is 35.5. The number of aromatic nitrogens is 1. The quantitative estimate of drug-likeness (QED) is 0.262. The second-order valence-corrected chi connectivity index (χ2v) is 9.85. The number of primary amides is 1. The molecule has 0 radical (unpaired) electrons. The molecule has 0 spiro atoms. The van der Waals surface area contributed by atoms with Crippen LogP contribution in [0.1, 0.15) is 40.3 Å². The van der Waals surface area contributed by atoms with Crippen molar-refractivity contribution in [1.82, 2.24) is 10.3 Å². The molecule has 1 atom stereocenters. The Kier molecular flexibility index (Phi) is 8.25. The minimum absolute atomic E-state index is 0.00730. The zero-order valence-corrected chi connectivity index (χ0v) is 22.2. The molecule has 0 bridgehead atoms. The Labute approximate surface area is 236 Å². The summed E-state index contributed by atoms with van der Waals surface area (Å²) < 4.78 is 27.1. The van der Waals surface area contributed by atoms with Gasteiger partial charge >= 0.3 is 0 Å². The maximum Gasteiger partial charge on any atom is 0.231 e. The van der Waals surface area contributed by atoms with E-state index in [1.807, 2.05) is 24.3 Å². The van der Waals surface area contributed by atoms with E-state index in [2.05, 4.69) is 16.4 Å². The van der Waals surface area contributed by atoms with Gasteiger partial charge in [0.25, 0.3) is 0 Å². The van der Waals surface area contributed by atoms with Crippen LogP contribution in [0.3, 0.4) is 0 Å². The molecule has 0 saturated heterocycles. The summed E-state index contributed by atoms with van der Waals surface area (Å²) in [6.07, 6.45) is 4.28. The number of nitrogens with one attached hydrogen (secondary N) is 1. The van der Waals surface area contributed by atoms with Gasteiger partial charge in [-0.1, -0.05) is 48.0 Å². The lowest BCUT2D eigenvalue weighted by Gasteiger charge is -2.20. The molecular formula is C31H26ClFN4O3. The molecule has 1 heterocycles. The molecule has 1 amide bonds. The van der Waals surface area contributed by atoms with Gasteiger partial charge in [-0.15, -0.1) is 0 Å². The maximum atomic E-state index is 14.6. The zero-order chi connectivity index (χ0) is 28.1. The lowest BCUT2D eigenvalue weighted by atomic mass is 9.96. The number of carbonyl (C=O) groups excluding carboxylic acids is 1. The van der Waals surface area contributed by atoms with Crippen molar-refractivity contribution in [2.75, 3.05) is 6.54 Å². The Bertz CT molecular complexity index is 1600. The van der Waals surface area contributed by atoms with Crippen LogP contribution in [0.4, 0.5) is 4.39 Å². The van der Waals surface area contributed by atoms with Gasteiger partial charge in [-0.2, -0.15) is 5.26 Å². The molecule has 7 nitrogen and oxygen atoms in total. The predicted octanol–water partition coefficient (Wildman–Crippen LogP) is 5.63. The number of halogens is 2. The van der Waals surface area contributed by atoms with Gasteiger partial charge in [0.15, 0.2) is 0 Å². The smallest absolute Gasteiger partial charge is 0.231 e. The van der Waals surface area contributed by atoms with Crippen LogP contribution in [0.5, 0.6) is 11.5 Å². The van der Waals surface area contributed by atoms with E-state index in [1.165, 1.54) is 12.3 Å². The van der Waals surface area contributed by atoms with E-state index in [1.54, 1.807) is 36.5 Å². The number of carbonyl (C=O) groups is 1. The zero-order valence-electron chi connectivity index (χ0n) is 21.5. The van der Waals surface area contributed by atoms with E-state index in [4.69, 9.17) is 26.8 Å². The second-order valence-electron chi connectivity index (χ2n) is 9.44. The van der Waals surface area contributed by atoms with Gasteiger partial charge in [0, 0.05) is 41.7 Å². The van der Waals surface area contributed by atoms with Gasteiger partial charge in [-0.25, -0.2) is 4.39 Å². The van der Waals surface area contributed by atoms with E-state index in [0.29, 0.717) is 39.6 Å². The van der Waals surface area contributed by atoms with Gasteiger partial charge in [0.05, 0.1) is 17.1 Å². The number of hydrogen-bond acceptors (Lipinski definition) is 6. The first-order chi connectivity index (χ1) is 19.4. The number of amides is 1. The van der Waals surface area contributed by atoms with E-state index in [9.17, 15) is 14.4 Å². The number of ether oxygens (including phenoxy) is 2. The number of nitrogens with two attached hydrogens (primary N) is 1. The highest BCUT2D eigenvalue weighted by Crippen LogP contribution is 2.43. The van der Waals surface area contributed by atoms with E-state index >= 15 is 0 Å². The Morgan fingerprint density at radius 3 is 2.75 bits per heavy atom. The Balaban J connectivity index is 1.42. The molecule has 0 aliphatic heterocycles. The first-order valence-corrected chi connectivity index (χ1v) is 13.1. The molecule has 0 fully saturated rings. The average Bonchev–Trinajstić information content (AvgIpc) is 3.37. The van der Waals surface area contributed by atoms with Crippen molar-refractivity contribution in [3.63, 3.8) is 0 Å². The van der Waals surface area contributed by atoms with Crippen LogP contribution in [-0.2, 0) is 24.4 Å². The summed E-state index contributed by atoms with van der Waals surface area (Å²) in [4.78, 5) is 15.3. The van der Waals surface area contributed by atoms with Gasteiger partial charge < -0.3 is 20.5 Å². The van der Waals surface area contributed by atoms with Crippen molar-refractivity contribution < 1.29 is 18.7 Å². The number of nitrogens with zero attached hydrogens (tertiary/aromatic N) is 2. The largest absolute Gasteiger partial charge is 0.488 e. The fourth-order valence-electron chi connectivity index (χ4n) is 4.87. The number of rotatable bonds is 10. The normalized spacial score (nSPS) is 13.9. The molecule has 0 saturated carbocycles. The van der Waals surface area contributed by atoms with Crippen LogP contribution in [-0.4, -0.2) is 17.4 Å². The number of pyridine rings is 1. The van der Waals surface area contributed by atoms with Gasteiger partial charge in [-0.05, 0) is 47.7 Å². The molecule has 4 aromatic rings. The molecule has 5 rings (SSSR count). The second kappa shape index (κ2) is 12.2. The van der Waals surface area contributed by atoms with Crippen LogP contribution in [0.2, 0.25) is 5.02 Å². The van der Waals surface area contributed by atoms with Crippen LogP contribution in [0.25, 0.3) is 11.1 Å². The topological polar surface area (TPSA) is 110 Å². The lowest BCUT2D eigenvalue weighted by Crippen LogP contribution is -2.28. The monoisotopic (exact) mass is 556 g/mol. The summed E-state index contributed by atoms with van der Waals surface area (Å²) in [5.74, 6) is 0.189. The summed E-state index contributed by atoms with van der Waals surface area (Å²) in [6, 6.07) is 19.8. The van der Waals surface area contributed by atoms with E-state index < -0.39 is 5.91 Å². The number of fused-ring (bicyclic) bond motifs is 1. The highest BCUT2D eigenvalue weighted by Gasteiger charge is 2.28. The van der Waals surface area contributed by atoms with Crippen LogP contribution in [0, 0.1) is 17.1 Å². The highest BCUT2D eigenvalue weighted by molar-refractivity contribution is 6.32. The summed E-state index contributed by atoms with van der Waals surface area (Å²) in [5.41, 5.74) is 10.6. The molecule has 3 aromatic carbocycles. The van der Waals surface area contributed by atoms with Crippen molar-refractivity contribution in [2.45, 2.75) is 32.1 Å². The molecular weight excluding hydrogens is 531 g/mol. The molecule has 1 aliphatic carbocycles. The molecule has 3 N–H and O–H groups in total. The molecule has 1 aromatic heterocycles. The molecule has 202 valence electrons. The van der Waals surface area contributed by atoms with Gasteiger partial charge in [0.1, 0.15) is 36.1 Å². The summed E-state index contributed by atoms with van der Waals surface area (Å²) >= 11 is 6.66. The van der Waals surface area contributed by atoms with Crippen molar-refractivity contribution in [3.8, 4) is 28.7 Å². The summed E-state index contributed by atoms with van der Waals surface area (Å²) in [7, 11) is 0. The number of nitriles is 1. The third-order valence-corrected chi connectivity index (χ3v) is 6.99. The number of hydrogen-bond donors (Lipinski definition) is 2. The van der Waals surface area contributed by atoms with E-state index in [0.717, 1.165) is 28.7 Å². The van der Waals surface area contributed by atoms with Crippen LogP contribution < -0.4 is 20.5 Å². The molecule has 9 heteroatoms. The number of benzene rings is 3.